The van der Waals surface area contributed by atoms with Crippen LogP contribution in [0.15, 0.2) is 36.6 Å². The highest BCUT2D eigenvalue weighted by Gasteiger charge is 2.30. The number of allylic oxidation sites excluding steroid dienone is 3. The fourth-order valence-electron chi connectivity index (χ4n) is 3.32. The summed E-state index contributed by atoms with van der Waals surface area (Å²) in [5, 5.41) is 9.05. The van der Waals surface area contributed by atoms with Crippen molar-refractivity contribution in [2.75, 3.05) is 13.9 Å². The van der Waals surface area contributed by atoms with Gasteiger partial charge in [-0.15, -0.1) is 6.58 Å². The third kappa shape index (κ3) is 4.69. The Morgan fingerprint density at radius 2 is 2.16 bits per heavy atom. The molecule has 0 saturated heterocycles. The van der Waals surface area contributed by atoms with Crippen LogP contribution in [0.2, 0.25) is 0 Å². The van der Waals surface area contributed by atoms with E-state index in [4.69, 9.17) is 14.6 Å². The third-order valence-corrected chi connectivity index (χ3v) is 4.67. The van der Waals surface area contributed by atoms with Crippen molar-refractivity contribution in [3.05, 3.63) is 53.6 Å². The predicted octanol–water partition coefficient (Wildman–Crippen LogP) is 3.71. The van der Waals surface area contributed by atoms with Crippen LogP contribution in [0.4, 0.5) is 4.39 Å². The number of benzene rings is 1. The molecule has 0 amide bonds. The number of rotatable bonds is 8. The average Bonchev–Trinajstić information content (AvgIpc) is 2.58. The standard InChI is InChI=1S/C20H25FO4/c1-4-5-15-9-16(20(25-12-22)11-18(15)23)7-6-14-8-13(2)19(24-3)10-17(14)21/h4,8,10-11,15-16,22H,1,5-7,9,12H2,2-3H3. The Hall–Kier alpha value is -2.14. The van der Waals surface area contributed by atoms with Crippen LogP contribution < -0.4 is 4.74 Å². The van der Waals surface area contributed by atoms with E-state index in [9.17, 15) is 9.18 Å². The fourth-order valence-corrected chi connectivity index (χ4v) is 3.32. The van der Waals surface area contributed by atoms with Crippen LogP contribution in [0.5, 0.6) is 5.75 Å². The second-order valence-corrected chi connectivity index (χ2v) is 6.33. The van der Waals surface area contributed by atoms with E-state index in [0.29, 0.717) is 42.8 Å². The van der Waals surface area contributed by atoms with Crippen LogP contribution in [0.25, 0.3) is 0 Å². The molecule has 25 heavy (non-hydrogen) atoms. The van der Waals surface area contributed by atoms with E-state index in [1.165, 1.54) is 19.3 Å². The summed E-state index contributed by atoms with van der Waals surface area (Å²) in [6.45, 7) is 5.10. The molecule has 136 valence electrons. The normalized spacial score (nSPS) is 20.2. The number of ether oxygens (including phenoxy) is 2. The number of aryl methyl sites for hydroxylation is 2. The largest absolute Gasteiger partial charge is 0.496 e. The minimum atomic E-state index is -0.474. The first kappa shape index (κ1) is 19.2. The maximum atomic E-state index is 14.2. The van der Waals surface area contributed by atoms with Gasteiger partial charge in [-0.05, 0) is 49.8 Å². The first-order valence-corrected chi connectivity index (χ1v) is 8.43. The van der Waals surface area contributed by atoms with Crippen molar-refractivity contribution in [1.82, 2.24) is 0 Å². The van der Waals surface area contributed by atoms with E-state index in [1.54, 1.807) is 12.1 Å². The van der Waals surface area contributed by atoms with Gasteiger partial charge in [-0.25, -0.2) is 4.39 Å². The maximum Gasteiger partial charge on any atom is 0.185 e. The molecule has 4 nitrogen and oxygen atoms in total. The molecule has 1 N–H and O–H groups in total. The molecule has 1 aliphatic rings. The zero-order valence-electron chi connectivity index (χ0n) is 14.8. The minimum absolute atomic E-state index is 0.00827. The van der Waals surface area contributed by atoms with Crippen molar-refractivity contribution in [2.45, 2.75) is 32.6 Å². The van der Waals surface area contributed by atoms with Crippen molar-refractivity contribution in [2.24, 2.45) is 11.8 Å². The Bertz CT molecular complexity index is 666. The highest BCUT2D eigenvalue weighted by molar-refractivity contribution is 5.93. The summed E-state index contributed by atoms with van der Waals surface area (Å²) in [6.07, 6.45) is 5.58. The summed E-state index contributed by atoms with van der Waals surface area (Å²) in [4.78, 5) is 12.1. The summed E-state index contributed by atoms with van der Waals surface area (Å²) in [5.74, 6) is 0.544. The maximum absolute atomic E-state index is 14.2. The van der Waals surface area contributed by atoms with E-state index in [2.05, 4.69) is 6.58 Å². The summed E-state index contributed by atoms with van der Waals surface area (Å²) in [5.41, 5.74) is 1.49. The molecule has 1 aromatic rings. The summed E-state index contributed by atoms with van der Waals surface area (Å²) >= 11 is 0. The second kappa shape index (κ2) is 8.81. The van der Waals surface area contributed by atoms with Gasteiger partial charge in [-0.1, -0.05) is 6.08 Å². The molecule has 0 aliphatic heterocycles. The molecule has 0 radical (unpaired) electrons. The molecule has 0 heterocycles. The van der Waals surface area contributed by atoms with E-state index in [0.717, 1.165) is 5.56 Å². The van der Waals surface area contributed by atoms with Gasteiger partial charge in [0.1, 0.15) is 17.3 Å². The molecule has 0 bridgehead atoms. The molecule has 0 fully saturated rings. The van der Waals surface area contributed by atoms with Crippen molar-refractivity contribution in [3.8, 4) is 5.75 Å². The molecule has 2 rings (SSSR count). The molecular weight excluding hydrogens is 323 g/mol. The zero-order chi connectivity index (χ0) is 18.4. The number of carbonyl (C=O) groups is 1. The quantitative estimate of drug-likeness (QED) is 0.575. The van der Waals surface area contributed by atoms with E-state index < -0.39 is 6.79 Å². The Kier molecular flexibility index (Phi) is 6.76. The van der Waals surface area contributed by atoms with Crippen molar-refractivity contribution in [1.29, 1.82) is 0 Å². The van der Waals surface area contributed by atoms with E-state index >= 15 is 0 Å². The number of ketones is 1. The Morgan fingerprint density at radius 3 is 2.80 bits per heavy atom. The minimum Gasteiger partial charge on any atom is -0.496 e. The molecule has 0 spiro atoms. The highest BCUT2D eigenvalue weighted by Crippen LogP contribution is 2.34. The molecule has 5 heteroatoms. The molecule has 0 saturated carbocycles. The molecule has 2 unspecified atom stereocenters. The molecule has 0 aromatic heterocycles. The number of hydrogen-bond donors (Lipinski definition) is 1. The van der Waals surface area contributed by atoms with Gasteiger partial charge in [-0.3, -0.25) is 4.79 Å². The van der Waals surface area contributed by atoms with Gasteiger partial charge in [0.2, 0.25) is 0 Å². The Morgan fingerprint density at radius 1 is 1.40 bits per heavy atom. The highest BCUT2D eigenvalue weighted by atomic mass is 19.1. The molecule has 2 atom stereocenters. The fraction of sp³-hybridized carbons (Fsp3) is 0.450. The van der Waals surface area contributed by atoms with Gasteiger partial charge in [0.05, 0.1) is 7.11 Å². The van der Waals surface area contributed by atoms with E-state index in [1.807, 2.05) is 6.92 Å². The van der Waals surface area contributed by atoms with Gasteiger partial charge in [0.15, 0.2) is 12.6 Å². The van der Waals surface area contributed by atoms with Crippen molar-refractivity contribution in [3.63, 3.8) is 0 Å². The number of carbonyl (C=O) groups excluding carboxylic acids is 1. The lowest BCUT2D eigenvalue weighted by atomic mass is 9.80. The van der Waals surface area contributed by atoms with Gasteiger partial charge in [-0.2, -0.15) is 0 Å². The van der Waals surface area contributed by atoms with Gasteiger partial charge >= 0.3 is 0 Å². The average molecular weight is 348 g/mol. The lowest BCUT2D eigenvalue weighted by Crippen LogP contribution is -2.25. The van der Waals surface area contributed by atoms with Gasteiger partial charge in [0.25, 0.3) is 0 Å². The lowest BCUT2D eigenvalue weighted by molar-refractivity contribution is -0.120. The summed E-state index contributed by atoms with van der Waals surface area (Å²) in [7, 11) is 1.52. The SMILES string of the molecule is C=CCC1CC(CCc2cc(C)c(OC)cc2F)C(OCO)=CC1=O. The third-order valence-electron chi connectivity index (χ3n) is 4.67. The van der Waals surface area contributed by atoms with Crippen molar-refractivity contribution >= 4 is 5.78 Å². The van der Waals surface area contributed by atoms with Crippen LogP contribution >= 0.6 is 0 Å². The number of aliphatic hydroxyl groups is 1. The monoisotopic (exact) mass is 348 g/mol. The smallest absolute Gasteiger partial charge is 0.185 e. The summed E-state index contributed by atoms with van der Waals surface area (Å²) < 4.78 is 24.6. The Labute approximate surface area is 148 Å². The van der Waals surface area contributed by atoms with Crippen LogP contribution in [0.3, 0.4) is 0 Å². The van der Waals surface area contributed by atoms with E-state index in [-0.39, 0.29) is 23.4 Å². The summed E-state index contributed by atoms with van der Waals surface area (Å²) in [6, 6.07) is 3.19. The molecule has 1 aliphatic carbocycles. The van der Waals surface area contributed by atoms with Crippen LogP contribution in [0, 0.1) is 24.6 Å². The topological polar surface area (TPSA) is 55.8 Å². The predicted molar refractivity (Wildman–Crippen MR) is 93.7 cm³/mol. The molecular formula is C20H25FO4. The van der Waals surface area contributed by atoms with Crippen LogP contribution in [-0.2, 0) is 16.0 Å². The number of aliphatic hydroxyl groups excluding tert-OH is 1. The van der Waals surface area contributed by atoms with Crippen LogP contribution in [0.1, 0.15) is 30.4 Å². The zero-order valence-corrected chi connectivity index (χ0v) is 14.8. The van der Waals surface area contributed by atoms with Crippen LogP contribution in [-0.4, -0.2) is 24.8 Å². The second-order valence-electron chi connectivity index (χ2n) is 6.33. The van der Waals surface area contributed by atoms with Crippen molar-refractivity contribution < 1.29 is 23.8 Å². The first-order chi connectivity index (χ1) is 12.0. The number of hydrogen-bond acceptors (Lipinski definition) is 4. The Balaban J connectivity index is 2.14. The lowest BCUT2D eigenvalue weighted by Gasteiger charge is -2.28. The van der Waals surface area contributed by atoms with Gasteiger partial charge < -0.3 is 14.6 Å². The van der Waals surface area contributed by atoms with Gasteiger partial charge in [0, 0.05) is 24.0 Å². The molecule has 1 aromatic carbocycles. The number of halogens is 1. The first-order valence-electron chi connectivity index (χ1n) is 8.43. The number of methoxy groups -OCH3 is 1.